The quantitative estimate of drug-likeness (QED) is 0.546. The van der Waals surface area contributed by atoms with E-state index in [0.717, 1.165) is 0 Å². The number of hydrogen-bond donors (Lipinski definition) is 1. The average molecular weight is 401 g/mol. The Morgan fingerprint density at radius 2 is 1.46 bits per heavy atom. The Morgan fingerprint density at radius 3 is 1.86 bits per heavy atom. The molecule has 0 aliphatic heterocycles. The predicted molar refractivity (Wildman–Crippen MR) is 115 cm³/mol. The van der Waals surface area contributed by atoms with Crippen molar-refractivity contribution in [2.75, 3.05) is 6.61 Å². The average Bonchev–Trinajstić information content (AvgIpc) is 2.66. The molecule has 0 amide bonds. The second-order valence-electron chi connectivity index (χ2n) is 8.10. The van der Waals surface area contributed by atoms with Crippen LogP contribution in [0.3, 0.4) is 0 Å². The number of rotatable bonds is 8. The van der Waals surface area contributed by atoms with Gasteiger partial charge in [-0.25, -0.2) is 4.79 Å². The molecular formula is C23H32O4Si. The minimum absolute atomic E-state index is 0.154. The number of esters is 1. The summed E-state index contributed by atoms with van der Waals surface area (Å²) in [5, 5.41) is 12.4. The van der Waals surface area contributed by atoms with E-state index in [1.54, 1.807) is 6.92 Å². The summed E-state index contributed by atoms with van der Waals surface area (Å²) in [7, 11) is -2.70. The van der Waals surface area contributed by atoms with Crippen molar-refractivity contribution in [2.24, 2.45) is 0 Å². The van der Waals surface area contributed by atoms with Crippen LogP contribution >= 0.6 is 0 Å². The standard InChI is InChI=1S/C23H32O4Si/c1-6-26-22(25)21(24)17-18(2)27-28(23(3,4)5,19-13-9-7-10-14-19)20-15-11-8-12-16-20/h7-16,18,21,24H,6,17H2,1-5H3/t18-,21+/m1/s1. The van der Waals surface area contributed by atoms with Crippen LogP contribution in [0.25, 0.3) is 0 Å². The first-order valence-corrected chi connectivity index (χ1v) is 11.8. The first-order valence-electron chi connectivity index (χ1n) is 9.86. The van der Waals surface area contributed by atoms with E-state index in [-0.39, 0.29) is 24.2 Å². The molecule has 0 radical (unpaired) electrons. The van der Waals surface area contributed by atoms with Crippen LogP contribution in [0.4, 0.5) is 0 Å². The summed E-state index contributed by atoms with van der Waals surface area (Å²) in [6.07, 6.45) is -1.30. The third kappa shape index (κ3) is 4.90. The molecule has 152 valence electrons. The molecule has 0 heterocycles. The number of ether oxygens (including phenoxy) is 1. The smallest absolute Gasteiger partial charge is 0.335 e. The van der Waals surface area contributed by atoms with Gasteiger partial charge in [-0.05, 0) is 29.3 Å². The third-order valence-corrected chi connectivity index (χ3v) is 10.1. The minimum Gasteiger partial charge on any atom is -0.464 e. The predicted octanol–water partition coefficient (Wildman–Crippen LogP) is 3.27. The number of hydrogen-bond acceptors (Lipinski definition) is 4. The monoisotopic (exact) mass is 400 g/mol. The highest BCUT2D eigenvalue weighted by Gasteiger charge is 2.51. The van der Waals surface area contributed by atoms with Crippen molar-refractivity contribution in [3.63, 3.8) is 0 Å². The fourth-order valence-corrected chi connectivity index (χ4v) is 8.40. The van der Waals surface area contributed by atoms with E-state index < -0.39 is 20.4 Å². The van der Waals surface area contributed by atoms with Gasteiger partial charge in [-0.15, -0.1) is 0 Å². The van der Waals surface area contributed by atoms with Crippen molar-refractivity contribution in [2.45, 2.75) is 58.3 Å². The SMILES string of the molecule is CCOC(=O)[C@@H](O)C[C@@H](C)O[Si](c1ccccc1)(c1ccccc1)C(C)(C)C. The lowest BCUT2D eigenvalue weighted by molar-refractivity contribution is -0.154. The summed E-state index contributed by atoms with van der Waals surface area (Å²) in [5.74, 6) is -0.597. The molecule has 0 fully saturated rings. The highest BCUT2D eigenvalue weighted by Crippen LogP contribution is 2.37. The Balaban J connectivity index is 2.45. The number of aliphatic hydroxyl groups excluding tert-OH is 1. The van der Waals surface area contributed by atoms with Crippen LogP contribution in [-0.4, -0.2) is 38.2 Å². The van der Waals surface area contributed by atoms with E-state index in [1.807, 2.05) is 43.3 Å². The first kappa shape index (κ1) is 22.3. The fraction of sp³-hybridized carbons (Fsp3) is 0.435. The van der Waals surface area contributed by atoms with Crippen LogP contribution in [-0.2, 0) is 14.0 Å². The Labute approximate surface area is 169 Å². The third-order valence-electron chi connectivity index (χ3n) is 4.91. The molecule has 0 saturated carbocycles. The summed E-state index contributed by atoms with van der Waals surface area (Å²) in [6.45, 7) is 10.5. The van der Waals surface area contributed by atoms with Crippen LogP contribution in [0.15, 0.2) is 60.7 Å². The molecular weight excluding hydrogens is 368 g/mol. The van der Waals surface area contributed by atoms with Crippen molar-refractivity contribution in [3.05, 3.63) is 60.7 Å². The van der Waals surface area contributed by atoms with E-state index >= 15 is 0 Å². The van der Waals surface area contributed by atoms with E-state index in [4.69, 9.17) is 9.16 Å². The van der Waals surface area contributed by atoms with Crippen molar-refractivity contribution in [1.82, 2.24) is 0 Å². The molecule has 2 aromatic rings. The summed E-state index contributed by atoms with van der Waals surface area (Å²) in [4.78, 5) is 11.9. The maximum atomic E-state index is 11.9. The van der Waals surface area contributed by atoms with Crippen molar-refractivity contribution in [1.29, 1.82) is 0 Å². The lowest BCUT2D eigenvalue weighted by Gasteiger charge is -2.44. The van der Waals surface area contributed by atoms with E-state index in [0.29, 0.717) is 0 Å². The molecule has 0 bridgehead atoms. The van der Waals surface area contributed by atoms with Gasteiger partial charge in [-0.1, -0.05) is 81.4 Å². The molecule has 0 unspecified atom stereocenters. The molecule has 0 aliphatic carbocycles. The summed E-state index contributed by atoms with van der Waals surface area (Å²) >= 11 is 0. The summed E-state index contributed by atoms with van der Waals surface area (Å²) in [6, 6.07) is 20.6. The van der Waals surface area contributed by atoms with Gasteiger partial charge in [-0.2, -0.15) is 0 Å². The lowest BCUT2D eigenvalue weighted by atomic mass is 10.2. The second-order valence-corrected chi connectivity index (χ2v) is 12.3. The second kappa shape index (κ2) is 9.50. The van der Waals surface area contributed by atoms with Gasteiger partial charge < -0.3 is 14.3 Å². The van der Waals surface area contributed by atoms with Gasteiger partial charge in [0.1, 0.15) is 0 Å². The normalized spacial score (nSPS) is 14.4. The Hall–Kier alpha value is -1.95. The molecule has 28 heavy (non-hydrogen) atoms. The zero-order valence-corrected chi connectivity index (χ0v) is 18.5. The number of carbonyl (C=O) groups is 1. The van der Waals surface area contributed by atoms with Crippen LogP contribution in [0.1, 0.15) is 41.0 Å². The van der Waals surface area contributed by atoms with Crippen LogP contribution in [0, 0.1) is 0 Å². The van der Waals surface area contributed by atoms with Gasteiger partial charge in [0.05, 0.1) is 6.61 Å². The molecule has 1 N–H and O–H groups in total. The summed E-state index contributed by atoms with van der Waals surface area (Å²) in [5.41, 5.74) is 0. The molecule has 5 heteroatoms. The van der Waals surface area contributed by atoms with Gasteiger partial charge in [0, 0.05) is 12.5 Å². The van der Waals surface area contributed by atoms with Gasteiger partial charge in [0.2, 0.25) is 0 Å². The van der Waals surface area contributed by atoms with Crippen LogP contribution in [0.2, 0.25) is 5.04 Å². The Bertz CT molecular complexity index is 701. The highest BCUT2D eigenvalue weighted by atomic mass is 28.4. The van der Waals surface area contributed by atoms with Gasteiger partial charge in [0.25, 0.3) is 8.32 Å². The minimum atomic E-state index is -2.70. The zero-order valence-electron chi connectivity index (χ0n) is 17.5. The molecule has 2 aromatic carbocycles. The van der Waals surface area contributed by atoms with Crippen molar-refractivity contribution < 1.29 is 19.1 Å². The number of carbonyl (C=O) groups excluding carboxylic acids is 1. The molecule has 0 aromatic heterocycles. The van der Waals surface area contributed by atoms with Crippen LogP contribution < -0.4 is 10.4 Å². The van der Waals surface area contributed by atoms with Crippen LogP contribution in [0.5, 0.6) is 0 Å². The Morgan fingerprint density at radius 1 is 1.00 bits per heavy atom. The molecule has 2 rings (SSSR count). The maximum Gasteiger partial charge on any atom is 0.335 e. The molecule has 4 nitrogen and oxygen atoms in total. The Kier molecular flexibility index (Phi) is 7.58. The lowest BCUT2D eigenvalue weighted by Crippen LogP contribution is -2.67. The van der Waals surface area contributed by atoms with Crippen molar-refractivity contribution >= 4 is 24.7 Å². The summed E-state index contributed by atoms with van der Waals surface area (Å²) < 4.78 is 11.8. The number of benzene rings is 2. The van der Waals surface area contributed by atoms with E-state index in [9.17, 15) is 9.90 Å². The van der Waals surface area contributed by atoms with Gasteiger partial charge in [0.15, 0.2) is 6.10 Å². The van der Waals surface area contributed by atoms with E-state index in [2.05, 4.69) is 45.0 Å². The van der Waals surface area contributed by atoms with Crippen molar-refractivity contribution in [3.8, 4) is 0 Å². The number of aliphatic hydroxyl groups is 1. The molecule has 2 atom stereocenters. The first-order chi connectivity index (χ1) is 13.2. The molecule has 0 saturated heterocycles. The molecule has 0 aliphatic rings. The highest BCUT2D eigenvalue weighted by molar-refractivity contribution is 6.99. The maximum absolute atomic E-state index is 11.9. The fourth-order valence-electron chi connectivity index (χ4n) is 3.69. The largest absolute Gasteiger partial charge is 0.464 e. The molecule has 0 spiro atoms. The van der Waals surface area contributed by atoms with E-state index in [1.165, 1.54) is 10.4 Å². The van der Waals surface area contributed by atoms with Gasteiger partial charge >= 0.3 is 5.97 Å². The van der Waals surface area contributed by atoms with Gasteiger partial charge in [-0.3, -0.25) is 0 Å². The topological polar surface area (TPSA) is 55.8 Å². The zero-order chi connectivity index (χ0) is 20.8.